The van der Waals surface area contributed by atoms with E-state index in [1.807, 2.05) is 6.07 Å². The Morgan fingerprint density at radius 2 is 1.48 bits per heavy atom. The van der Waals surface area contributed by atoms with E-state index in [1.54, 1.807) is 0 Å². The van der Waals surface area contributed by atoms with Crippen LogP contribution in [0, 0.1) is 11.3 Å². The highest BCUT2D eigenvalue weighted by molar-refractivity contribution is 5.24. The molecule has 0 radical (unpaired) electrons. The summed E-state index contributed by atoms with van der Waals surface area (Å²) in [4.78, 5) is 0. The van der Waals surface area contributed by atoms with Crippen LogP contribution < -0.4 is 5.32 Å². The number of benzene rings is 1. The Hall–Kier alpha value is -0.900. The van der Waals surface area contributed by atoms with Gasteiger partial charge in [-0.2, -0.15) is 0 Å². The first-order chi connectivity index (χ1) is 16.0. The number of ether oxygens (including phenoxy) is 1. The molecule has 1 heterocycles. The minimum Gasteiger partial charge on any atom is -0.395 e. The molecule has 1 aromatic rings. The molecule has 1 aliphatic heterocycles. The lowest BCUT2D eigenvalue weighted by molar-refractivity contribution is -0.277. The Morgan fingerprint density at radius 3 is 2.03 bits per heavy atom. The topological polar surface area (TPSA) is 41.5 Å². The van der Waals surface area contributed by atoms with Crippen LogP contribution in [0.4, 0.5) is 0 Å². The van der Waals surface area contributed by atoms with Crippen molar-refractivity contribution < 1.29 is 9.84 Å². The second kappa shape index (κ2) is 13.3. The van der Waals surface area contributed by atoms with Crippen molar-refractivity contribution in [1.29, 1.82) is 0 Å². The fraction of sp³-hybridized carbons (Fsp3) is 0.800. The third-order valence-corrected chi connectivity index (χ3v) is 8.58. The highest BCUT2D eigenvalue weighted by Crippen LogP contribution is 2.72. The van der Waals surface area contributed by atoms with E-state index < -0.39 is 0 Å². The number of unbranched alkanes of at least 4 members (excludes halogenated alkanes) is 11. The molecule has 3 rings (SSSR count). The molecule has 3 nitrogen and oxygen atoms in total. The van der Waals surface area contributed by atoms with Crippen LogP contribution >= 0.6 is 0 Å². The normalized spacial score (nSPS) is 26.3. The third-order valence-electron chi connectivity index (χ3n) is 8.58. The molecule has 3 heteroatoms. The van der Waals surface area contributed by atoms with Crippen LogP contribution in [0.25, 0.3) is 0 Å². The summed E-state index contributed by atoms with van der Waals surface area (Å²) in [6, 6.07) is 10.5. The van der Waals surface area contributed by atoms with Crippen LogP contribution in [0.2, 0.25) is 0 Å². The van der Waals surface area contributed by atoms with Gasteiger partial charge in [0.15, 0.2) is 0 Å². The molecule has 0 aromatic heterocycles. The molecular weight excluding hydrogens is 406 g/mol. The lowest BCUT2D eigenvalue weighted by atomic mass is 9.70. The Balaban J connectivity index is 1.30. The minimum absolute atomic E-state index is 0.0187. The lowest BCUT2D eigenvalue weighted by Crippen LogP contribution is -2.67. The SMILES string of the molecule is CCCCCCCCCCCCCC[C@@H]1CC12[C@@H]([C@@H](CO)NCc1ccccc1)OC2(C)C. The van der Waals surface area contributed by atoms with Crippen molar-refractivity contribution in [3.05, 3.63) is 35.9 Å². The highest BCUT2D eigenvalue weighted by Gasteiger charge is 2.75. The molecule has 4 atom stereocenters. The third kappa shape index (κ3) is 7.05. The second-order valence-electron chi connectivity index (χ2n) is 11.3. The smallest absolute Gasteiger partial charge is 0.0844 e. The van der Waals surface area contributed by atoms with E-state index in [-0.39, 0.29) is 29.8 Å². The summed E-state index contributed by atoms with van der Waals surface area (Å²) in [5, 5.41) is 13.7. The van der Waals surface area contributed by atoms with Gasteiger partial charge in [0.25, 0.3) is 0 Å². The molecule has 2 aliphatic rings. The van der Waals surface area contributed by atoms with Crippen LogP contribution in [0.15, 0.2) is 30.3 Å². The van der Waals surface area contributed by atoms with Crippen LogP contribution in [0.1, 0.15) is 116 Å². The van der Waals surface area contributed by atoms with Crippen LogP contribution in [0.5, 0.6) is 0 Å². The van der Waals surface area contributed by atoms with Gasteiger partial charge in [-0.1, -0.05) is 114 Å². The maximum Gasteiger partial charge on any atom is 0.0844 e. The fourth-order valence-corrected chi connectivity index (χ4v) is 6.40. The predicted octanol–water partition coefficient (Wildman–Crippen LogP) is 7.41. The molecular formula is C30H51NO2. The molecule has 188 valence electrons. The molecule has 0 amide bonds. The van der Waals surface area contributed by atoms with Crippen molar-refractivity contribution >= 4 is 0 Å². The molecule has 2 N–H and O–H groups in total. The number of hydrogen-bond acceptors (Lipinski definition) is 3. The summed E-state index contributed by atoms with van der Waals surface area (Å²) in [5.74, 6) is 0.766. The number of hydrogen-bond donors (Lipinski definition) is 2. The summed E-state index contributed by atoms with van der Waals surface area (Å²) in [6.45, 7) is 7.74. The maximum absolute atomic E-state index is 10.1. The molecule has 1 saturated heterocycles. The Bertz CT molecular complexity index is 661. The van der Waals surface area contributed by atoms with Crippen LogP contribution in [-0.2, 0) is 11.3 Å². The molecule has 1 aliphatic carbocycles. The van der Waals surface area contributed by atoms with Gasteiger partial charge in [0.05, 0.1) is 24.4 Å². The summed E-state index contributed by atoms with van der Waals surface area (Å²) in [6.07, 6.45) is 19.7. The lowest BCUT2D eigenvalue weighted by Gasteiger charge is -2.56. The Morgan fingerprint density at radius 1 is 0.909 bits per heavy atom. The first-order valence-electron chi connectivity index (χ1n) is 14.1. The zero-order valence-corrected chi connectivity index (χ0v) is 21.8. The van der Waals surface area contributed by atoms with Gasteiger partial charge in [-0.3, -0.25) is 0 Å². The van der Waals surface area contributed by atoms with E-state index in [1.165, 1.54) is 95.5 Å². The highest BCUT2D eigenvalue weighted by atomic mass is 16.5. The minimum atomic E-state index is -0.0543. The van der Waals surface area contributed by atoms with Gasteiger partial charge in [0, 0.05) is 12.0 Å². The van der Waals surface area contributed by atoms with Gasteiger partial charge >= 0.3 is 0 Å². The van der Waals surface area contributed by atoms with Crippen LogP contribution in [-0.4, -0.2) is 29.5 Å². The average molecular weight is 458 g/mol. The van der Waals surface area contributed by atoms with Crippen molar-refractivity contribution in [3.8, 4) is 0 Å². The van der Waals surface area contributed by atoms with Crippen molar-refractivity contribution in [2.75, 3.05) is 6.61 Å². The fourth-order valence-electron chi connectivity index (χ4n) is 6.40. The first-order valence-corrected chi connectivity index (χ1v) is 14.1. The second-order valence-corrected chi connectivity index (χ2v) is 11.3. The molecule has 0 bridgehead atoms. The zero-order valence-electron chi connectivity index (χ0n) is 21.8. The van der Waals surface area contributed by atoms with Crippen molar-refractivity contribution in [1.82, 2.24) is 5.32 Å². The Kier molecular flexibility index (Phi) is 10.7. The number of aliphatic hydroxyl groups excluding tert-OH is 1. The van der Waals surface area contributed by atoms with Crippen molar-refractivity contribution in [2.24, 2.45) is 11.3 Å². The van der Waals surface area contributed by atoms with E-state index in [4.69, 9.17) is 4.74 Å². The van der Waals surface area contributed by atoms with Crippen molar-refractivity contribution in [3.63, 3.8) is 0 Å². The molecule has 1 aromatic carbocycles. The standard InChI is InChI=1S/C30H51NO2/c1-4-5-6-7-8-9-10-11-12-13-14-18-21-26-22-30(26)28(33-29(30,2)3)27(24-32)31-23-25-19-16-15-17-20-25/h15-17,19-20,26-28,31-32H,4-14,18,21-24H2,1-3H3/t26-,27-,28-,30?/m1/s1. The first kappa shape index (κ1) is 26.7. The van der Waals surface area contributed by atoms with E-state index >= 15 is 0 Å². The molecule has 2 fully saturated rings. The van der Waals surface area contributed by atoms with E-state index in [9.17, 15) is 5.11 Å². The molecule has 33 heavy (non-hydrogen) atoms. The van der Waals surface area contributed by atoms with Gasteiger partial charge in [-0.15, -0.1) is 0 Å². The maximum atomic E-state index is 10.1. The van der Waals surface area contributed by atoms with E-state index in [2.05, 4.69) is 50.4 Å². The summed E-state index contributed by atoms with van der Waals surface area (Å²) in [5.41, 5.74) is 1.47. The van der Waals surface area contributed by atoms with Crippen molar-refractivity contribution in [2.45, 2.75) is 135 Å². The molecule has 1 saturated carbocycles. The number of aliphatic hydroxyl groups is 1. The van der Waals surface area contributed by atoms with Gasteiger partial charge in [0.1, 0.15) is 0 Å². The van der Waals surface area contributed by atoms with Crippen LogP contribution in [0.3, 0.4) is 0 Å². The number of rotatable bonds is 18. The zero-order chi connectivity index (χ0) is 23.6. The Labute approximate surface area is 204 Å². The largest absolute Gasteiger partial charge is 0.395 e. The van der Waals surface area contributed by atoms with E-state index in [0.29, 0.717) is 0 Å². The summed E-state index contributed by atoms with van der Waals surface area (Å²) >= 11 is 0. The number of nitrogens with one attached hydrogen (secondary N) is 1. The molecule has 1 spiro atoms. The van der Waals surface area contributed by atoms with E-state index in [0.717, 1.165) is 12.5 Å². The molecule has 1 unspecified atom stereocenters. The monoisotopic (exact) mass is 457 g/mol. The van der Waals surface area contributed by atoms with Gasteiger partial charge in [0.2, 0.25) is 0 Å². The van der Waals surface area contributed by atoms with Gasteiger partial charge < -0.3 is 15.2 Å². The average Bonchev–Trinajstić information content (AvgIpc) is 3.58. The van der Waals surface area contributed by atoms with Gasteiger partial charge in [-0.05, 0) is 38.2 Å². The summed E-state index contributed by atoms with van der Waals surface area (Å²) in [7, 11) is 0. The quantitative estimate of drug-likeness (QED) is 0.225. The summed E-state index contributed by atoms with van der Waals surface area (Å²) < 4.78 is 6.37. The predicted molar refractivity (Wildman–Crippen MR) is 139 cm³/mol. The van der Waals surface area contributed by atoms with Gasteiger partial charge in [-0.25, -0.2) is 0 Å².